The molecule has 0 aliphatic rings. The monoisotopic (exact) mass is 352 g/mol. The van der Waals surface area contributed by atoms with E-state index in [1.165, 1.54) is 5.56 Å². The second kappa shape index (κ2) is 6.25. The predicted molar refractivity (Wildman–Crippen MR) is 106 cm³/mol. The van der Waals surface area contributed by atoms with E-state index in [0.717, 1.165) is 22.0 Å². The summed E-state index contributed by atoms with van der Waals surface area (Å²) in [6.07, 6.45) is 0. The molecule has 0 bridgehead atoms. The first-order valence-electron chi connectivity index (χ1n) is 8.77. The highest BCUT2D eigenvalue weighted by atomic mass is 16.5. The lowest BCUT2D eigenvalue weighted by Crippen LogP contribution is -1.95. The molecule has 5 rings (SSSR count). The summed E-state index contributed by atoms with van der Waals surface area (Å²) < 4.78 is 12.1. The second-order valence-corrected chi connectivity index (χ2v) is 6.41. The number of benzene rings is 3. The van der Waals surface area contributed by atoms with Crippen molar-refractivity contribution >= 4 is 22.1 Å². The van der Waals surface area contributed by atoms with Gasteiger partial charge in [-0.25, -0.2) is 4.98 Å². The van der Waals surface area contributed by atoms with Gasteiger partial charge in [0.1, 0.15) is 16.8 Å². The number of nitrogens with zero attached hydrogens (tertiary/aromatic N) is 2. The first kappa shape index (κ1) is 15.6. The first-order valence-corrected chi connectivity index (χ1v) is 8.77. The van der Waals surface area contributed by atoms with Crippen molar-refractivity contribution in [3.05, 3.63) is 84.4 Å². The van der Waals surface area contributed by atoms with Crippen LogP contribution in [-0.4, -0.2) is 9.97 Å². The fraction of sp³-hybridized carbons (Fsp3) is 0.0435. The number of hydrogen-bond acceptors (Lipinski definition) is 4. The van der Waals surface area contributed by atoms with E-state index >= 15 is 0 Å². The average Bonchev–Trinajstić information content (AvgIpc) is 3.09. The van der Waals surface area contributed by atoms with Gasteiger partial charge in [-0.2, -0.15) is 4.98 Å². The fourth-order valence-electron chi connectivity index (χ4n) is 3.07. The normalized spacial score (nSPS) is 11.1. The Morgan fingerprint density at radius 1 is 0.778 bits per heavy atom. The largest absolute Gasteiger partial charge is 0.449 e. The number of para-hydroxylation sites is 1. The van der Waals surface area contributed by atoms with E-state index in [9.17, 15) is 0 Å². The van der Waals surface area contributed by atoms with Crippen LogP contribution in [0.15, 0.2) is 83.3 Å². The third-order valence-corrected chi connectivity index (χ3v) is 4.46. The molecule has 0 fully saturated rings. The molecular weight excluding hydrogens is 336 g/mol. The Morgan fingerprint density at radius 2 is 1.52 bits per heavy atom. The number of rotatable bonds is 3. The van der Waals surface area contributed by atoms with E-state index in [1.807, 2.05) is 85.8 Å². The van der Waals surface area contributed by atoms with Crippen LogP contribution in [0, 0.1) is 6.92 Å². The van der Waals surface area contributed by atoms with Crippen LogP contribution in [0.5, 0.6) is 11.6 Å². The Labute approximate surface area is 156 Å². The molecule has 0 atom stereocenters. The molecule has 0 N–H and O–H groups in total. The minimum absolute atomic E-state index is 0.416. The molecule has 0 spiro atoms. The summed E-state index contributed by atoms with van der Waals surface area (Å²) in [5.41, 5.74) is 4.17. The molecule has 130 valence electrons. The third kappa shape index (κ3) is 2.81. The lowest BCUT2D eigenvalue weighted by molar-refractivity contribution is 0.457. The van der Waals surface area contributed by atoms with Gasteiger partial charge in [-0.15, -0.1) is 0 Å². The molecule has 0 aliphatic carbocycles. The highest BCUT2D eigenvalue weighted by Crippen LogP contribution is 2.36. The summed E-state index contributed by atoms with van der Waals surface area (Å²) >= 11 is 0. The molecule has 0 unspecified atom stereocenters. The fourth-order valence-corrected chi connectivity index (χ4v) is 3.07. The van der Waals surface area contributed by atoms with Gasteiger partial charge in [-0.05, 0) is 31.2 Å². The van der Waals surface area contributed by atoms with E-state index < -0.39 is 0 Å². The first-order chi connectivity index (χ1) is 13.3. The molecular formula is C23H16N2O2. The number of furan rings is 1. The molecule has 27 heavy (non-hydrogen) atoms. The van der Waals surface area contributed by atoms with Crippen molar-refractivity contribution in [1.29, 1.82) is 0 Å². The maximum absolute atomic E-state index is 6.09. The Kier molecular flexibility index (Phi) is 3.61. The molecule has 0 saturated carbocycles. The zero-order valence-corrected chi connectivity index (χ0v) is 14.7. The molecule has 0 radical (unpaired) electrons. The van der Waals surface area contributed by atoms with Crippen LogP contribution < -0.4 is 4.74 Å². The van der Waals surface area contributed by atoms with Gasteiger partial charge in [0, 0.05) is 10.9 Å². The molecule has 0 amide bonds. The van der Waals surface area contributed by atoms with Crippen LogP contribution in [0.4, 0.5) is 0 Å². The van der Waals surface area contributed by atoms with Crippen LogP contribution in [0.2, 0.25) is 0 Å². The Bertz CT molecular complexity index is 1240. The van der Waals surface area contributed by atoms with Crippen molar-refractivity contribution in [3.63, 3.8) is 0 Å². The van der Waals surface area contributed by atoms with Crippen molar-refractivity contribution in [1.82, 2.24) is 9.97 Å². The van der Waals surface area contributed by atoms with Crippen molar-refractivity contribution in [2.45, 2.75) is 6.92 Å². The molecule has 5 aromatic rings. The third-order valence-electron chi connectivity index (χ3n) is 4.46. The molecule has 0 saturated heterocycles. The van der Waals surface area contributed by atoms with Gasteiger partial charge < -0.3 is 9.15 Å². The molecule has 0 aliphatic heterocycles. The standard InChI is InChI=1S/C23H16N2O2/c1-15-11-13-17(14-12-15)26-23-21-20(18-9-5-6-10-19(18)27-21)24-22(25-23)16-7-3-2-4-8-16/h2-14H,1H3. The molecule has 4 nitrogen and oxygen atoms in total. The van der Waals surface area contributed by atoms with Gasteiger partial charge >= 0.3 is 0 Å². The number of aryl methyl sites for hydroxylation is 1. The molecule has 2 heterocycles. The minimum atomic E-state index is 0.416. The van der Waals surface area contributed by atoms with Gasteiger partial charge in [-0.1, -0.05) is 60.2 Å². The zero-order chi connectivity index (χ0) is 18.2. The highest BCUT2D eigenvalue weighted by molar-refractivity contribution is 6.04. The van der Waals surface area contributed by atoms with E-state index in [2.05, 4.69) is 4.98 Å². The van der Waals surface area contributed by atoms with Gasteiger partial charge in [0.05, 0.1) is 0 Å². The maximum atomic E-state index is 6.09. The molecule has 4 heteroatoms. The smallest absolute Gasteiger partial charge is 0.267 e. The van der Waals surface area contributed by atoms with E-state index in [0.29, 0.717) is 23.0 Å². The van der Waals surface area contributed by atoms with Gasteiger partial charge in [0.2, 0.25) is 5.58 Å². The lowest BCUT2D eigenvalue weighted by atomic mass is 10.2. The number of hydrogen-bond donors (Lipinski definition) is 0. The van der Waals surface area contributed by atoms with Crippen molar-refractivity contribution < 1.29 is 9.15 Å². The number of ether oxygens (including phenoxy) is 1. The van der Waals surface area contributed by atoms with Gasteiger partial charge in [0.15, 0.2) is 5.82 Å². The Balaban J connectivity index is 1.75. The lowest BCUT2D eigenvalue weighted by Gasteiger charge is -2.07. The van der Waals surface area contributed by atoms with E-state index in [1.54, 1.807) is 0 Å². The summed E-state index contributed by atoms with van der Waals surface area (Å²) in [7, 11) is 0. The van der Waals surface area contributed by atoms with Crippen molar-refractivity contribution in [2.75, 3.05) is 0 Å². The topological polar surface area (TPSA) is 48.2 Å². The van der Waals surface area contributed by atoms with Gasteiger partial charge in [-0.3, -0.25) is 0 Å². The minimum Gasteiger partial charge on any atom is -0.449 e. The summed E-state index contributed by atoms with van der Waals surface area (Å²) in [5.74, 6) is 1.73. The Morgan fingerprint density at radius 3 is 2.33 bits per heavy atom. The van der Waals surface area contributed by atoms with Crippen molar-refractivity contribution in [3.8, 4) is 23.0 Å². The summed E-state index contributed by atoms with van der Waals surface area (Å²) in [5, 5.41) is 0.945. The predicted octanol–water partition coefficient (Wildman–Crippen LogP) is 6.14. The summed E-state index contributed by atoms with van der Waals surface area (Å²) in [6.45, 7) is 2.04. The van der Waals surface area contributed by atoms with Gasteiger partial charge in [0.25, 0.3) is 5.88 Å². The highest BCUT2D eigenvalue weighted by Gasteiger charge is 2.18. The van der Waals surface area contributed by atoms with Crippen LogP contribution in [0.1, 0.15) is 5.56 Å². The van der Waals surface area contributed by atoms with Crippen molar-refractivity contribution in [2.24, 2.45) is 0 Å². The van der Waals surface area contributed by atoms with E-state index in [-0.39, 0.29) is 0 Å². The molecule has 2 aromatic heterocycles. The van der Waals surface area contributed by atoms with Crippen LogP contribution >= 0.6 is 0 Å². The molecule has 3 aromatic carbocycles. The Hall–Kier alpha value is -3.66. The van der Waals surface area contributed by atoms with E-state index in [4.69, 9.17) is 14.1 Å². The van der Waals surface area contributed by atoms with Crippen LogP contribution in [-0.2, 0) is 0 Å². The average molecular weight is 352 g/mol. The second-order valence-electron chi connectivity index (χ2n) is 6.41. The quantitative estimate of drug-likeness (QED) is 0.391. The zero-order valence-electron chi connectivity index (χ0n) is 14.7. The summed E-state index contributed by atoms with van der Waals surface area (Å²) in [4.78, 5) is 9.42. The summed E-state index contributed by atoms with van der Waals surface area (Å²) in [6, 6.07) is 25.6. The van der Waals surface area contributed by atoms with Crippen LogP contribution in [0.25, 0.3) is 33.5 Å². The van der Waals surface area contributed by atoms with Crippen LogP contribution in [0.3, 0.4) is 0 Å². The number of fused-ring (bicyclic) bond motifs is 3. The SMILES string of the molecule is Cc1ccc(Oc2nc(-c3ccccc3)nc3c2oc2ccccc23)cc1. The number of aromatic nitrogens is 2. The maximum Gasteiger partial charge on any atom is 0.267 e.